The van der Waals surface area contributed by atoms with Crippen LogP contribution in [0.1, 0.15) is 21.8 Å². The average Bonchev–Trinajstić information content (AvgIpc) is 3.19. The van der Waals surface area contributed by atoms with E-state index in [9.17, 15) is 18.0 Å². The van der Waals surface area contributed by atoms with Crippen molar-refractivity contribution in [3.05, 3.63) is 78.2 Å². The van der Waals surface area contributed by atoms with Crippen molar-refractivity contribution in [3.8, 4) is 11.4 Å². The van der Waals surface area contributed by atoms with Crippen LogP contribution < -0.4 is 10.6 Å². The number of nitrogens with zero attached hydrogens (tertiary/aromatic N) is 2. The molecular weight excluding hydrogens is 385 g/mol. The second kappa shape index (κ2) is 8.59. The lowest BCUT2D eigenvalue weighted by atomic mass is 10.1. The summed E-state index contributed by atoms with van der Waals surface area (Å²) in [5.41, 5.74) is 0.373. The van der Waals surface area contributed by atoms with E-state index in [0.29, 0.717) is 17.8 Å². The van der Waals surface area contributed by atoms with E-state index in [2.05, 4.69) is 27.4 Å². The Balaban J connectivity index is 1.72. The van der Waals surface area contributed by atoms with Crippen molar-refractivity contribution >= 4 is 11.6 Å². The number of carbonyl (C=O) groups is 1. The smallest absolute Gasteiger partial charge is 0.375 e. The zero-order valence-corrected chi connectivity index (χ0v) is 15.2. The summed E-state index contributed by atoms with van der Waals surface area (Å²) < 4.78 is 43.7. The molecule has 0 radical (unpaired) electrons. The molecule has 1 aromatic heterocycles. The van der Waals surface area contributed by atoms with Gasteiger partial charge in [0.25, 0.3) is 5.91 Å². The third kappa shape index (κ3) is 5.01. The van der Waals surface area contributed by atoms with Crippen molar-refractivity contribution in [2.45, 2.75) is 12.7 Å². The fraction of sp³-hybridized carbons (Fsp3) is 0.150. The Labute approximate surface area is 164 Å². The van der Waals surface area contributed by atoms with Crippen LogP contribution in [0.15, 0.2) is 65.7 Å². The van der Waals surface area contributed by atoms with Crippen molar-refractivity contribution in [3.63, 3.8) is 0 Å². The number of hydrogen-bond donors (Lipinski definition) is 2. The number of anilines is 1. The summed E-state index contributed by atoms with van der Waals surface area (Å²) in [6.45, 7) is 3.98. The first-order chi connectivity index (χ1) is 13.9. The standard InChI is InChI=1S/C20H17F3N4O2/c1-2-10-24-19(28)15-8-3-4-9-16(15)25-12-17-26-18(27-29-17)13-6-5-7-14(11-13)20(21,22)23/h2-9,11,25H,1,10,12H2,(H,24,28). The minimum absolute atomic E-state index is 0.0462. The molecule has 3 aromatic rings. The predicted molar refractivity (Wildman–Crippen MR) is 101 cm³/mol. The van der Waals surface area contributed by atoms with Crippen molar-refractivity contribution in [1.29, 1.82) is 0 Å². The van der Waals surface area contributed by atoms with Gasteiger partial charge < -0.3 is 15.2 Å². The topological polar surface area (TPSA) is 80.0 Å². The molecule has 0 aliphatic rings. The molecule has 0 atom stereocenters. The normalized spacial score (nSPS) is 11.1. The zero-order chi connectivity index (χ0) is 20.9. The highest BCUT2D eigenvalue weighted by Crippen LogP contribution is 2.31. The van der Waals surface area contributed by atoms with Crippen LogP contribution in [0.4, 0.5) is 18.9 Å². The molecule has 1 heterocycles. The van der Waals surface area contributed by atoms with Gasteiger partial charge in [-0.3, -0.25) is 4.79 Å². The molecule has 0 spiro atoms. The van der Waals surface area contributed by atoms with Gasteiger partial charge in [-0.05, 0) is 24.3 Å². The molecule has 0 saturated carbocycles. The van der Waals surface area contributed by atoms with Gasteiger partial charge in [-0.1, -0.05) is 35.5 Å². The Morgan fingerprint density at radius 2 is 1.97 bits per heavy atom. The number of halogens is 3. The average molecular weight is 402 g/mol. The lowest BCUT2D eigenvalue weighted by molar-refractivity contribution is -0.137. The molecule has 9 heteroatoms. The molecule has 29 heavy (non-hydrogen) atoms. The van der Waals surface area contributed by atoms with E-state index >= 15 is 0 Å². The quantitative estimate of drug-likeness (QED) is 0.577. The van der Waals surface area contributed by atoms with Crippen LogP contribution >= 0.6 is 0 Å². The first kappa shape index (κ1) is 20.1. The van der Waals surface area contributed by atoms with Gasteiger partial charge in [0.05, 0.1) is 17.7 Å². The maximum atomic E-state index is 12.9. The first-order valence-corrected chi connectivity index (χ1v) is 8.60. The number of para-hydroxylation sites is 1. The van der Waals surface area contributed by atoms with E-state index in [0.717, 1.165) is 12.1 Å². The minimum Gasteiger partial charge on any atom is -0.375 e. The van der Waals surface area contributed by atoms with Crippen LogP contribution in [0.3, 0.4) is 0 Å². The molecule has 0 bridgehead atoms. The van der Waals surface area contributed by atoms with E-state index in [-0.39, 0.29) is 29.7 Å². The van der Waals surface area contributed by atoms with Crippen LogP contribution in [-0.4, -0.2) is 22.6 Å². The van der Waals surface area contributed by atoms with Crippen LogP contribution in [0.25, 0.3) is 11.4 Å². The highest BCUT2D eigenvalue weighted by molar-refractivity contribution is 5.99. The van der Waals surface area contributed by atoms with Crippen LogP contribution in [-0.2, 0) is 12.7 Å². The van der Waals surface area contributed by atoms with Gasteiger partial charge >= 0.3 is 6.18 Å². The number of amides is 1. The fourth-order valence-corrected chi connectivity index (χ4v) is 2.54. The summed E-state index contributed by atoms with van der Waals surface area (Å²) in [6.07, 6.45) is -2.89. The Hall–Kier alpha value is -3.62. The summed E-state index contributed by atoms with van der Waals surface area (Å²) in [5, 5.41) is 9.45. The van der Waals surface area contributed by atoms with Crippen LogP contribution in [0.2, 0.25) is 0 Å². The van der Waals surface area contributed by atoms with E-state index in [1.165, 1.54) is 12.1 Å². The molecule has 0 unspecified atom stereocenters. The molecule has 1 amide bonds. The summed E-state index contributed by atoms with van der Waals surface area (Å²) in [4.78, 5) is 16.3. The third-order valence-electron chi connectivity index (χ3n) is 3.92. The summed E-state index contributed by atoms with van der Waals surface area (Å²) >= 11 is 0. The number of nitrogens with one attached hydrogen (secondary N) is 2. The highest BCUT2D eigenvalue weighted by atomic mass is 19.4. The largest absolute Gasteiger partial charge is 0.416 e. The van der Waals surface area contributed by atoms with Crippen molar-refractivity contribution < 1.29 is 22.5 Å². The van der Waals surface area contributed by atoms with E-state index in [1.807, 2.05) is 0 Å². The predicted octanol–water partition coefficient (Wildman–Crippen LogP) is 4.28. The van der Waals surface area contributed by atoms with Crippen LogP contribution in [0.5, 0.6) is 0 Å². The van der Waals surface area contributed by atoms with E-state index in [4.69, 9.17) is 4.52 Å². The Morgan fingerprint density at radius 3 is 2.72 bits per heavy atom. The van der Waals surface area contributed by atoms with Gasteiger partial charge in [-0.15, -0.1) is 6.58 Å². The lowest BCUT2D eigenvalue weighted by Crippen LogP contribution is -2.24. The van der Waals surface area contributed by atoms with E-state index in [1.54, 1.807) is 30.3 Å². The van der Waals surface area contributed by atoms with Gasteiger partial charge in [0.1, 0.15) is 0 Å². The Morgan fingerprint density at radius 1 is 1.17 bits per heavy atom. The molecule has 0 saturated heterocycles. The number of benzene rings is 2. The highest BCUT2D eigenvalue weighted by Gasteiger charge is 2.30. The van der Waals surface area contributed by atoms with Crippen molar-refractivity contribution in [2.75, 3.05) is 11.9 Å². The molecule has 0 aliphatic carbocycles. The second-order valence-corrected chi connectivity index (χ2v) is 5.99. The fourth-order valence-electron chi connectivity index (χ4n) is 2.54. The lowest BCUT2D eigenvalue weighted by Gasteiger charge is -2.10. The molecule has 0 aliphatic heterocycles. The second-order valence-electron chi connectivity index (χ2n) is 5.99. The van der Waals surface area contributed by atoms with Gasteiger partial charge in [0.2, 0.25) is 11.7 Å². The van der Waals surface area contributed by atoms with Gasteiger partial charge in [0.15, 0.2) is 0 Å². The molecule has 2 aromatic carbocycles. The molecule has 6 nitrogen and oxygen atoms in total. The van der Waals surface area contributed by atoms with Gasteiger partial charge in [-0.25, -0.2) is 0 Å². The van der Waals surface area contributed by atoms with Crippen LogP contribution in [0, 0.1) is 0 Å². The minimum atomic E-state index is -4.46. The number of rotatable bonds is 7. The van der Waals surface area contributed by atoms with Crippen molar-refractivity contribution in [2.24, 2.45) is 0 Å². The summed E-state index contributed by atoms with van der Waals surface area (Å²) in [6, 6.07) is 11.5. The Bertz CT molecular complexity index is 1010. The maximum absolute atomic E-state index is 12.9. The third-order valence-corrected chi connectivity index (χ3v) is 3.92. The summed E-state index contributed by atoms with van der Waals surface area (Å²) in [5.74, 6) is -0.0631. The molecule has 3 rings (SSSR count). The number of hydrogen-bond acceptors (Lipinski definition) is 5. The van der Waals surface area contributed by atoms with Gasteiger partial charge in [0, 0.05) is 17.8 Å². The molecule has 0 fully saturated rings. The van der Waals surface area contributed by atoms with E-state index < -0.39 is 11.7 Å². The number of carbonyl (C=O) groups excluding carboxylic acids is 1. The number of alkyl halides is 3. The monoisotopic (exact) mass is 402 g/mol. The SMILES string of the molecule is C=CCNC(=O)c1ccccc1NCc1nc(-c2cccc(C(F)(F)F)c2)no1. The summed E-state index contributed by atoms with van der Waals surface area (Å²) in [7, 11) is 0. The molecule has 2 N–H and O–H groups in total. The maximum Gasteiger partial charge on any atom is 0.416 e. The number of aromatic nitrogens is 2. The zero-order valence-electron chi connectivity index (χ0n) is 15.2. The molecule has 150 valence electrons. The van der Waals surface area contributed by atoms with Crippen molar-refractivity contribution in [1.82, 2.24) is 15.5 Å². The Kier molecular flexibility index (Phi) is 5.96. The molecular formula is C20H17F3N4O2. The van der Waals surface area contributed by atoms with Gasteiger partial charge in [-0.2, -0.15) is 18.2 Å². The first-order valence-electron chi connectivity index (χ1n) is 8.60.